The number of amides is 2. The lowest BCUT2D eigenvalue weighted by molar-refractivity contribution is -0.383. The quantitative estimate of drug-likeness (QED) is 0.520. The van der Waals surface area contributed by atoms with Gasteiger partial charge in [-0.05, 0) is 18.2 Å². The Morgan fingerprint density at radius 2 is 1.77 bits per heavy atom. The predicted molar refractivity (Wildman–Crippen MR) is 73.6 cm³/mol. The molecular weight excluding hydrogens is 292 g/mol. The number of nitrogens with zero attached hydrogens (tertiary/aromatic N) is 2. The van der Waals surface area contributed by atoms with Crippen molar-refractivity contribution in [2.24, 2.45) is 0 Å². The second-order valence-electron chi connectivity index (χ2n) is 4.71. The van der Waals surface area contributed by atoms with Crippen molar-refractivity contribution in [1.82, 2.24) is 4.90 Å². The highest BCUT2D eigenvalue weighted by Crippen LogP contribution is 2.35. The number of hydrogen-bond acceptors (Lipinski definition) is 5. The van der Waals surface area contributed by atoms with Crippen LogP contribution in [0.5, 0.6) is 0 Å². The smallest absolute Gasteiger partial charge is 0.323 e. The van der Waals surface area contributed by atoms with Gasteiger partial charge in [-0.15, -0.1) is 0 Å². The second kappa shape index (κ2) is 4.62. The molecule has 2 amide bonds. The molecule has 0 bridgehead atoms. The van der Waals surface area contributed by atoms with E-state index in [0.717, 1.165) is 0 Å². The molecule has 1 heterocycles. The summed E-state index contributed by atoms with van der Waals surface area (Å²) in [5.41, 5.74) is -0.0537. The fourth-order valence-electron chi connectivity index (χ4n) is 2.57. The van der Waals surface area contributed by atoms with Gasteiger partial charge in [-0.2, -0.15) is 0 Å². The highest BCUT2D eigenvalue weighted by Gasteiger charge is 2.35. The van der Waals surface area contributed by atoms with Crippen LogP contribution in [-0.2, 0) is 4.79 Å². The van der Waals surface area contributed by atoms with Gasteiger partial charge < -0.3 is 5.11 Å². The molecule has 0 atom stereocenters. The van der Waals surface area contributed by atoms with Crippen LogP contribution < -0.4 is 0 Å². The van der Waals surface area contributed by atoms with Crippen LogP contribution in [0.25, 0.3) is 10.8 Å². The Balaban J connectivity index is 2.32. The Kier molecular flexibility index (Phi) is 2.87. The van der Waals surface area contributed by atoms with E-state index in [1.54, 1.807) is 0 Å². The lowest BCUT2D eigenvalue weighted by Gasteiger charge is -2.25. The van der Waals surface area contributed by atoms with E-state index in [2.05, 4.69) is 0 Å². The third kappa shape index (κ3) is 1.81. The molecule has 0 unspecified atom stereocenters. The number of nitro groups is 1. The van der Waals surface area contributed by atoms with E-state index in [0.29, 0.717) is 4.90 Å². The van der Waals surface area contributed by atoms with Gasteiger partial charge in [0.05, 0.1) is 10.3 Å². The summed E-state index contributed by atoms with van der Waals surface area (Å²) < 4.78 is 0. The van der Waals surface area contributed by atoms with Crippen molar-refractivity contribution in [2.45, 2.75) is 0 Å². The topological polar surface area (TPSA) is 118 Å². The summed E-state index contributed by atoms with van der Waals surface area (Å²) in [4.78, 5) is 46.5. The number of carbonyl (C=O) groups is 3. The van der Waals surface area contributed by atoms with E-state index in [1.165, 1.54) is 30.3 Å². The van der Waals surface area contributed by atoms with Gasteiger partial charge in [0.25, 0.3) is 17.5 Å². The first-order chi connectivity index (χ1) is 10.4. The van der Waals surface area contributed by atoms with Crippen LogP contribution in [0.4, 0.5) is 5.69 Å². The molecule has 0 aliphatic carbocycles. The van der Waals surface area contributed by atoms with Crippen molar-refractivity contribution < 1.29 is 24.4 Å². The van der Waals surface area contributed by atoms with E-state index >= 15 is 0 Å². The molecule has 1 aliphatic rings. The van der Waals surface area contributed by atoms with E-state index in [1.807, 2.05) is 0 Å². The maximum atomic E-state index is 12.3. The third-order valence-electron chi connectivity index (χ3n) is 3.46. The predicted octanol–water partition coefficient (Wildman–Crippen LogP) is 1.43. The summed E-state index contributed by atoms with van der Waals surface area (Å²) in [6.07, 6.45) is 0. The summed E-state index contributed by atoms with van der Waals surface area (Å²) in [5, 5.41) is 20.3. The van der Waals surface area contributed by atoms with Gasteiger partial charge in [-0.3, -0.25) is 29.4 Å². The van der Waals surface area contributed by atoms with Gasteiger partial charge in [0.15, 0.2) is 0 Å². The molecule has 0 radical (unpaired) electrons. The lowest BCUT2D eigenvalue weighted by atomic mass is 9.93. The number of benzene rings is 2. The van der Waals surface area contributed by atoms with E-state index < -0.39 is 29.3 Å². The molecule has 8 heteroatoms. The molecule has 110 valence electrons. The SMILES string of the molecule is O=C(O)CN1C(=O)c2cccc3c([N+](=O)[O-])ccc(c23)C1=O. The summed E-state index contributed by atoms with van der Waals surface area (Å²) >= 11 is 0. The number of non-ortho nitro benzene ring substituents is 1. The lowest BCUT2D eigenvalue weighted by Crippen LogP contribution is -2.43. The molecule has 0 spiro atoms. The molecule has 0 saturated heterocycles. The molecular formula is C14H8N2O6. The summed E-state index contributed by atoms with van der Waals surface area (Å²) in [6, 6.07) is 6.75. The fourth-order valence-corrected chi connectivity index (χ4v) is 2.57. The van der Waals surface area contributed by atoms with Crippen molar-refractivity contribution in [3.63, 3.8) is 0 Å². The first-order valence-corrected chi connectivity index (χ1v) is 6.20. The van der Waals surface area contributed by atoms with Crippen LogP contribution in [0.1, 0.15) is 20.7 Å². The van der Waals surface area contributed by atoms with Crippen molar-refractivity contribution in [2.75, 3.05) is 6.54 Å². The van der Waals surface area contributed by atoms with Crippen molar-refractivity contribution >= 4 is 34.2 Å². The molecule has 2 aromatic rings. The maximum absolute atomic E-state index is 12.3. The molecule has 22 heavy (non-hydrogen) atoms. The minimum atomic E-state index is -1.32. The summed E-state index contributed by atoms with van der Waals surface area (Å²) in [5.74, 6) is -2.86. The van der Waals surface area contributed by atoms with Crippen molar-refractivity contribution in [1.29, 1.82) is 0 Å². The Morgan fingerprint density at radius 3 is 2.36 bits per heavy atom. The van der Waals surface area contributed by atoms with Gasteiger partial charge in [0, 0.05) is 22.6 Å². The fraction of sp³-hybridized carbons (Fsp3) is 0.0714. The minimum absolute atomic E-state index is 0.0806. The number of hydrogen-bond donors (Lipinski definition) is 1. The van der Waals surface area contributed by atoms with Crippen LogP contribution >= 0.6 is 0 Å². The number of carboxylic acid groups (broad SMARTS) is 1. The summed E-state index contributed by atoms with van der Waals surface area (Å²) in [7, 11) is 0. The van der Waals surface area contributed by atoms with Crippen LogP contribution in [-0.4, -0.2) is 39.3 Å². The van der Waals surface area contributed by atoms with Crippen LogP contribution in [0, 0.1) is 10.1 Å². The molecule has 0 fully saturated rings. The largest absolute Gasteiger partial charge is 0.480 e. The number of rotatable bonds is 3. The van der Waals surface area contributed by atoms with Crippen LogP contribution in [0.15, 0.2) is 30.3 Å². The third-order valence-corrected chi connectivity index (χ3v) is 3.46. The Bertz CT molecular complexity index is 851. The van der Waals surface area contributed by atoms with Crippen LogP contribution in [0.3, 0.4) is 0 Å². The van der Waals surface area contributed by atoms with Gasteiger partial charge in [0.2, 0.25) is 0 Å². The van der Waals surface area contributed by atoms with Crippen LogP contribution in [0.2, 0.25) is 0 Å². The molecule has 2 aromatic carbocycles. The minimum Gasteiger partial charge on any atom is -0.480 e. The number of aliphatic carboxylic acids is 1. The Labute approximate surface area is 122 Å². The van der Waals surface area contributed by atoms with Gasteiger partial charge >= 0.3 is 5.97 Å². The number of carboxylic acids is 1. The van der Waals surface area contributed by atoms with Gasteiger partial charge in [-0.25, -0.2) is 0 Å². The zero-order valence-corrected chi connectivity index (χ0v) is 11.0. The van der Waals surface area contributed by atoms with Gasteiger partial charge in [-0.1, -0.05) is 6.07 Å². The zero-order chi connectivity index (χ0) is 16.0. The standard InChI is InChI=1S/C14H8N2O6/c17-11(18)6-15-13(19)8-3-1-2-7-10(16(21)22)5-4-9(12(7)8)14(15)20/h1-5H,6H2,(H,17,18). The molecule has 1 aliphatic heterocycles. The zero-order valence-electron chi connectivity index (χ0n) is 11.0. The Morgan fingerprint density at radius 1 is 1.14 bits per heavy atom. The molecule has 1 N–H and O–H groups in total. The first kappa shape index (κ1) is 13.7. The highest BCUT2D eigenvalue weighted by atomic mass is 16.6. The summed E-state index contributed by atoms with van der Waals surface area (Å²) in [6.45, 7) is -0.759. The van der Waals surface area contributed by atoms with Crippen molar-refractivity contribution in [3.05, 3.63) is 51.6 Å². The molecule has 8 nitrogen and oxygen atoms in total. The number of nitro benzene ring substituents is 1. The highest BCUT2D eigenvalue weighted by molar-refractivity contribution is 6.26. The molecule has 3 rings (SSSR count). The van der Waals surface area contributed by atoms with E-state index in [9.17, 15) is 24.5 Å². The van der Waals surface area contributed by atoms with Gasteiger partial charge in [0.1, 0.15) is 6.54 Å². The van der Waals surface area contributed by atoms with E-state index in [4.69, 9.17) is 5.11 Å². The molecule has 0 saturated carbocycles. The average molecular weight is 300 g/mol. The maximum Gasteiger partial charge on any atom is 0.323 e. The number of carbonyl (C=O) groups excluding carboxylic acids is 2. The normalized spacial score (nSPS) is 13.5. The van der Waals surface area contributed by atoms with E-state index in [-0.39, 0.29) is 27.6 Å². The molecule has 0 aromatic heterocycles. The Hall–Kier alpha value is -3.29. The number of imide groups is 1. The average Bonchev–Trinajstić information content (AvgIpc) is 2.48. The monoisotopic (exact) mass is 300 g/mol. The second-order valence-corrected chi connectivity index (χ2v) is 4.71. The van der Waals surface area contributed by atoms with Crippen molar-refractivity contribution in [3.8, 4) is 0 Å². The first-order valence-electron chi connectivity index (χ1n) is 6.20.